The van der Waals surface area contributed by atoms with E-state index in [0.29, 0.717) is 11.5 Å². The molecule has 5 heteroatoms. The van der Waals surface area contributed by atoms with Gasteiger partial charge in [-0.15, -0.1) is 0 Å². The number of nitrogens with one attached hydrogen (secondary N) is 1. The Bertz CT molecular complexity index is 518. The lowest BCUT2D eigenvalue weighted by atomic mass is 9.89. The monoisotopic (exact) mass is 277 g/mol. The van der Waals surface area contributed by atoms with Crippen molar-refractivity contribution in [1.82, 2.24) is 14.8 Å². The van der Waals surface area contributed by atoms with Gasteiger partial charge in [-0.1, -0.05) is 0 Å². The molecule has 1 aromatic rings. The first kappa shape index (κ1) is 14.8. The molecule has 0 radical (unpaired) electrons. The van der Waals surface area contributed by atoms with Crippen LogP contribution in [0.2, 0.25) is 0 Å². The summed E-state index contributed by atoms with van der Waals surface area (Å²) in [5, 5.41) is 0. The fraction of sp³-hybridized carbons (Fsp3) is 0.600. The van der Waals surface area contributed by atoms with Crippen LogP contribution in [0.5, 0.6) is 0 Å². The number of H-pyrrole nitrogens is 1. The standard InChI is InChI=1S/C15H23N3O2/c1-11(12-5-8-17(2)9-6-12)18(3)15(20)13-4-7-16-14(19)10-13/h4,7,10-12H,5-6,8-9H2,1-3H3,(H,16,19). The summed E-state index contributed by atoms with van der Waals surface area (Å²) in [5.74, 6) is 0.449. The molecule has 1 aliphatic heterocycles. The van der Waals surface area contributed by atoms with Crippen molar-refractivity contribution in [2.45, 2.75) is 25.8 Å². The molecule has 0 saturated carbocycles. The second-order valence-corrected chi connectivity index (χ2v) is 5.74. The van der Waals surface area contributed by atoms with E-state index in [-0.39, 0.29) is 17.5 Å². The van der Waals surface area contributed by atoms with E-state index in [0.717, 1.165) is 25.9 Å². The average molecular weight is 277 g/mol. The Hall–Kier alpha value is -1.62. The number of hydrogen-bond acceptors (Lipinski definition) is 3. The molecule has 0 spiro atoms. The zero-order valence-corrected chi connectivity index (χ0v) is 12.4. The summed E-state index contributed by atoms with van der Waals surface area (Å²) >= 11 is 0. The fourth-order valence-electron chi connectivity index (χ4n) is 2.79. The first-order valence-corrected chi connectivity index (χ1v) is 7.13. The molecule has 0 aromatic carbocycles. The van der Waals surface area contributed by atoms with Crippen LogP contribution in [-0.4, -0.2) is 53.9 Å². The number of amides is 1. The topological polar surface area (TPSA) is 56.4 Å². The van der Waals surface area contributed by atoms with Crippen molar-refractivity contribution >= 4 is 5.91 Å². The van der Waals surface area contributed by atoms with Crippen molar-refractivity contribution in [2.75, 3.05) is 27.2 Å². The van der Waals surface area contributed by atoms with Gasteiger partial charge in [0.25, 0.3) is 5.91 Å². The van der Waals surface area contributed by atoms with Crippen molar-refractivity contribution in [3.63, 3.8) is 0 Å². The van der Waals surface area contributed by atoms with E-state index in [9.17, 15) is 9.59 Å². The molecule has 2 heterocycles. The largest absolute Gasteiger partial charge is 0.339 e. The second-order valence-electron chi connectivity index (χ2n) is 5.74. The minimum atomic E-state index is -0.240. The molecule has 0 aliphatic carbocycles. The quantitative estimate of drug-likeness (QED) is 0.902. The summed E-state index contributed by atoms with van der Waals surface area (Å²) in [6.45, 7) is 4.27. The number of likely N-dealkylation sites (tertiary alicyclic amines) is 1. The van der Waals surface area contributed by atoms with Gasteiger partial charge in [-0.3, -0.25) is 9.59 Å². The van der Waals surface area contributed by atoms with Crippen molar-refractivity contribution in [3.05, 3.63) is 34.2 Å². The van der Waals surface area contributed by atoms with Crippen LogP contribution in [0.25, 0.3) is 0 Å². The number of aromatic nitrogens is 1. The summed E-state index contributed by atoms with van der Waals surface area (Å²) in [6, 6.07) is 3.21. The minimum absolute atomic E-state index is 0.0810. The number of nitrogens with zero attached hydrogens (tertiary/aromatic N) is 2. The highest BCUT2D eigenvalue weighted by Crippen LogP contribution is 2.23. The molecule has 2 rings (SSSR count). The molecule has 110 valence electrons. The fourth-order valence-corrected chi connectivity index (χ4v) is 2.79. The number of carbonyl (C=O) groups is 1. The minimum Gasteiger partial charge on any atom is -0.339 e. The molecular weight excluding hydrogens is 254 g/mol. The van der Waals surface area contributed by atoms with Crippen molar-refractivity contribution in [3.8, 4) is 0 Å². The molecule has 1 aromatic heterocycles. The Morgan fingerprint density at radius 3 is 2.70 bits per heavy atom. The Morgan fingerprint density at radius 1 is 1.45 bits per heavy atom. The van der Waals surface area contributed by atoms with Gasteiger partial charge in [-0.2, -0.15) is 0 Å². The van der Waals surface area contributed by atoms with Crippen LogP contribution in [-0.2, 0) is 0 Å². The number of hydrogen-bond donors (Lipinski definition) is 1. The van der Waals surface area contributed by atoms with E-state index in [1.54, 1.807) is 11.0 Å². The average Bonchev–Trinajstić information content (AvgIpc) is 2.46. The highest BCUT2D eigenvalue weighted by atomic mass is 16.2. The van der Waals surface area contributed by atoms with Crippen molar-refractivity contribution in [2.24, 2.45) is 5.92 Å². The number of carbonyl (C=O) groups excluding carboxylic acids is 1. The van der Waals surface area contributed by atoms with E-state index >= 15 is 0 Å². The third kappa shape index (κ3) is 3.28. The molecule has 20 heavy (non-hydrogen) atoms. The molecule has 5 nitrogen and oxygen atoms in total. The van der Waals surface area contributed by atoms with E-state index in [2.05, 4.69) is 23.9 Å². The van der Waals surface area contributed by atoms with E-state index < -0.39 is 0 Å². The maximum atomic E-state index is 12.4. The van der Waals surface area contributed by atoms with Gasteiger partial charge in [0, 0.05) is 30.9 Å². The highest BCUT2D eigenvalue weighted by molar-refractivity contribution is 5.94. The first-order chi connectivity index (χ1) is 9.49. The second kappa shape index (κ2) is 6.22. The van der Waals surface area contributed by atoms with Crippen LogP contribution in [0.15, 0.2) is 23.1 Å². The predicted octanol–water partition coefficient (Wildman–Crippen LogP) is 1.18. The SMILES string of the molecule is CC(C1CCN(C)CC1)N(C)C(=O)c1cc[nH]c(=O)c1. The Balaban J connectivity index is 2.04. The zero-order chi connectivity index (χ0) is 14.7. The number of pyridine rings is 1. The van der Waals surface area contributed by atoms with Gasteiger partial charge in [0.2, 0.25) is 5.56 Å². The van der Waals surface area contributed by atoms with E-state index in [1.165, 1.54) is 12.3 Å². The van der Waals surface area contributed by atoms with Gasteiger partial charge in [-0.25, -0.2) is 0 Å². The van der Waals surface area contributed by atoms with Gasteiger partial charge in [-0.05, 0) is 51.9 Å². The summed E-state index contributed by atoms with van der Waals surface area (Å²) in [6.07, 6.45) is 3.75. The van der Waals surface area contributed by atoms with E-state index in [4.69, 9.17) is 0 Å². The van der Waals surface area contributed by atoms with Gasteiger partial charge in [0.1, 0.15) is 0 Å². The Kier molecular flexibility index (Phi) is 4.60. The molecule has 1 atom stereocenters. The van der Waals surface area contributed by atoms with Crippen LogP contribution in [0.4, 0.5) is 0 Å². The smallest absolute Gasteiger partial charge is 0.254 e. The molecule has 1 saturated heterocycles. The van der Waals surface area contributed by atoms with Crippen molar-refractivity contribution < 1.29 is 4.79 Å². The lowest BCUT2D eigenvalue weighted by Gasteiger charge is -2.37. The first-order valence-electron chi connectivity index (χ1n) is 7.13. The van der Waals surface area contributed by atoms with Gasteiger partial charge < -0.3 is 14.8 Å². The molecular formula is C15H23N3O2. The molecule has 1 amide bonds. The Labute approximate surface area is 119 Å². The number of piperidine rings is 1. The summed E-state index contributed by atoms with van der Waals surface area (Å²) < 4.78 is 0. The lowest BCUT2D eigenvalue weighted by molar-refractivity contribution is 0.0636. The van der Waals surface area contributed by atoms with Crippen LogP contribution >= 0.6 is 0 Å². The van der Waals surface area contributed by atoms with Gasteiger partial charge >= 0.3 is 0 Å². The predicted molar refractivity (Wildman–Crippen MR) is 78.8 cm³/mol. The number of aromatic amines is 1. The van der Waals surface area contributed by atoms with Crippen LogP contribution in [0.3, 0.4) is 0 Å². The molecule has 0 bridgehead atoms. The van der Waals surface area contributed by atoms with Crippen LogP contribution < -0.4 is 5.56 Å². The van der Waals surface area contributed by atoms with Crippen LogP contribution in [0, 0.1) is 5.92 Å². The number of rotatable bonds is 3. The van der Waals surface area contributed by atoms with Gasteiger partial charge in [0.15, 0.2) is 0 Å². The zero-order valence-electron chi connectivity index (χ0n) is 12.4. The summed E-state index contributed by atoms with van der Waals surface area (Å²) in [7, 11) is 3.96. The third-order valence-electron chi connectivity index (χ3n) is 4.40. The third-order valence-corrected chi connectivity index (χ3v) is 4.40. The molecule has 1 N–H and O–H groups in total. The molecule has 1 aliphatic rings. The van der Waals surface area contributed by atoms with Gasteiger partial charge in [0.05, 0.1) is 0 Å². The lowest BCUT2D eigenvalue weighted by Crippen LogP contribution is -2.44. The van der Waals surface area contributed by atoms with Crippen molar-refractivity contribution in [1.29, 1.82) is 0 Å². The van der Waals surface area contributed by atoms with Crippen LogP contribution in [0.1, 0.15) is 30.1 Å². The summed E-state index contributed by atoms with van der Waals surface area (Å²) in [4.78, 5) is 30.3. The molecule has 1 fully saturated rings. The maximum Gasteiger partial charge on any atom is 0.254 e. The highest BCUT2D eigenvalue weighted by Gasteiger charge is 2.27. The Morgan fingerprint density at radius 2 is 2.10 bits per heavy atom. The van der Waals surface area contributed by atoms with E-state index in [1.807, 2.05) is 7.05 Å². The maximum absolute atomic E-state index is 12.4. The normalized spacial score (nSPS) is 18.8. The molecule has 1 unspecified atom stereocenters. The summed E-state index contributed by atoms with van der Waals surface area (Å²) in [5.41, 5.74) is 0.215.